The van der Waals surface area contributed by atoms with E-state index in [1.807, 2.05) is 24.3 Å². The highest BCUT2D eigenvalue weighted by molar-refractivity contribution is 6.32. The van der Waals surface area contributed by atoms with Crippen LogP contribution in [0.4, 0.5) is 0 Å². The Hall–Kier alpha value is -1.25. The molecule has 0 fully saturated rings. The molecule has 0 aliphatic heterocycles. The van der Waals surface area contributed by atoms with Crippen LogP contribution < -0.4 is 4.74 Å². The largest absolute Gasteiger partial charge is 0.452 e. The summed E-state index contributed by atoms with van der Waals surface area (Å²) in [6.45, 7) is 6.42. The molecule has 0 N–H and O–H groups in total. The summed E-state index contributed by atoms with van der Waals surface area (Å²) in [6, 6.07) is 5.80. The highest BCUT2D eigenvalue weighted by Gasteiger charge is 2.33. The summed E-state index contributed by atoms with van der Waals surface area (Å²) in [4.78, 5) is 12.3. The molecule has 0 bridgehead atoms. The molecule has 0 spiro atoms. The summed E-state index contributed by atoms with van der Waals surface area (Å²) in [7, 11) is 0. The number of alkyl halides is 1. The number of Topliss-reactive ketones (excluding diaryl/α,β-unsaturated/α-hetero) is 1. The van der Waals surface area contributed by atoms with Crippen LogP contribution in [-0.2, 0) is 11.2 Å². The van der Waals surface area contributed by atoms with E-state index >= 15 is 0 Å². The molecule has 154 valence electrons. The molecule has 1 aliphatic rings. The van der Waals surface area contributed by atoms with E-state index in [1.165, 1.54) is 5.56 Å². The second kappa shape index (κ2) is 11.1. The number of rotatable bonds is 11. The van der Waals surface area contributed by atoms with Crippen molar-refractivity contribution in [2.75, 3.05) is 0 Å². The molecule has 0 saturated carbocycles. The van der Waals surface area contributed by atoms with E-state index in [2.05, 4.69) is 20.8 Å². The van der Waals surface area contributed by atoms with Crippen molar-refractivity contribution in [3.63, 3.8) is 0 Å². The lowest BCUT2D eigenvalue weighted by atomic mass is 9.88. The molecular formula is C24H32Cl2O2. The maximum absolute atomic E-state index is 13.0. The van der Waals surface area contributed by atoms with Gasteiger partial charge in [0, 0.05) is 5.57 Å². The predicted molar refractivity (Wildman–Crippen MR) is 119 cm³/mol. The Kier molecular flexibility index (Phi) is 9.11. The van der Waals surface area contributed by atoms with Crippen molar-refractivity contribution in [1.29, 1.82) is 0 Å². The van der Waals surface area contributed by atoms with Gasteiger partial charge in [0.25, 0.3) is 0 Å². The molecule has 0 amide bonds. The smallest absolute Gasteiger partial charge is 0.223 e. The van der Waals surface area contributed by atoms with Gasteiger partial charge in [-0.15, -0.1) is 11.6 Å². The standard InChI is InChI=1S/C24H32Cl2O2/c1-4-7-10-18-12-13-21(20(25)15-18)28-22-17-24(26,14-9-6-3)16-19(23(22)27)11-8-5-2/h12-13,15-17H,4-11,14H2,1-3H3. The first-order valence-electron chi connectivity index (χ1n) is 10.6. The lowest BCUT2D eigenvalue weighted by Gasteiger charge is -2.27. The van der Waals surface area contributed by atoms with Gasteiger partial charge in [-0.3, -0.25) is 4.79 Å². The van der Waals surface area contributed by atoms with Gasteiger partial charge >= 0.3 is 0 Å². The first kappa shape index (κ1) is 23.0. The number of carbonyl (C=O) groups is 1. The number of unbranched alkanes of at least 4 members (excludes halogenated alkanes) is 3. The Morgan fingerprint density at radius 2 is 1.64 bits per heavy atom. The second-order valence-corrected chi connectivity index (χ2v) is 8.72. The zero-order chi connectivity index (χ0) is 20.6. The fraction of sp³-hybridized carbons (Fsp3) is 0.542. The molecule has 1 unspecified atom stereocenters. The van der Waals surface area contributed by atoms with Crippen molar-refractivity contribution in [3.05, 3.63) is 52.3 Å². The van der Waals surface area contributed by atoms with Gasteiger partial charge in [0.1, 0.15) is 5.75 Å². The van der Waals surface area contributed by atoms with Gasteiger partial charge in [0.2, 0.25) is 5.78 Å². The van der Waals surface area contributed by atoms with Gasteiger partial charge in [-0.1, -0.05) is 70.2 Å². The maximum atomic E-state index is 13.0. The van der Waals surface area contributed by atoms with E-state index in [0.717, 1.165) is 63.4 Å². The van der Waals surface area contributed by atoms with Crippen molar-refractivity contribution in [2.45, 2.75) is 83.4 Å². The Balaban J connectivity index is 2.25. The van der Waals surface area contributed by atoms with E-state index in [-0.39, 0.29) is 5.78 Å². The third-order valence-electron chi connectivity index (χ3n) is 5.05. The number of hydrogen-bond donors (Lipinski definition) is 0. The zero-order valence-corrected chi connectivity index (χ0v) is 18.8. The molecule has 2 nitrogen and oxygen atoms in total. The van der Waals surface area contributed by atoms with E-state index in [4.69, 9.17) is 27.9 Å². The molecular weight excluding hydrogens is 391 g/mol. The van der Waals surface area contributed by atoms with Crippen molar-refractivity contribution < 1.29 is 9.53 Å². The van der Waals surface area contributed by atoms with E-state index in [1.54, 1.807) is 6.08 Å². The van der Waals surface area contributed by atoms with Crippen molar-refractivity contribution in [3.8, 4) is 5.75 Å². The lowest BCUT2D eigenvalue weighted by Crippen LogP contribution is -2.27. The molecule has 2 rings (SSSR count). The Morgan fingerprint density at radius 1 is 0.964 bits per heavy atom. The van der Waals surface area contributed by atoms with Crippen LogP contribution in [0.15, 0.2) is 41.7 Å². The molecule has 0 heterocycles. The SMILES string of the molecule is CCCCC1=CC(Cl)(CCCC)C=C(Oc2ccc(CCCC)cc2Cl)C1=O. The third-order valence-corrected chi connectivity index (χ3v) is 5.75. The van der Waals surface area contributed by atoms with Crippen LogP contribution in [0.2, 0.25) is 5.02 Å². The van der Waals surface area contributed by atoms with Crippen LogP contribution in [-0.4, -0.2) is 10.7 Å². The molecule has 4 heteroatoms. The molecule has 1 atom stereocenters. The minimum atomic E-state index is -0.671. The average Bonchev–Trinajstić information content (AvgIpc) is 2.68. The van der Waals surface area contributed by atoms with Crippen LogP contribution in [0.3, 0.4) is 0 Å². The van der Waals surface area contributed by atoms with E-state index in [9.17, 15) is 4.79 Å². The number of benzene rings is 1. The number of carbonyl (C=O) groups excluding carboxylic acids is 1. The topological polar surface area (TPSA) is 26.3 Å². The normalized spacial score (nSPS) is 19.4. The zero-order valence-electron chi connectivity index (χ0n) is 17.3. The molecule has 28 heavy (non-hydrogen) atoms. The monoisotopic (exact) mass is 422 g/mol. The maximum Gasteiger partial charge on any atom is 0.223 e. The average molecular weight is 423 g/mol. The molecule has 0 radical (unpaired) electrons. The van der Waals surface area contributed by atoms with Gasteiger partial charge in [-0.25, -0.2) is 0 Å². The third kappa shape index (κ3) is 6.39. The first-order valence-corrected chi connectivity index (χ1v) is 11.3. The van der Waals surface area contributed by atoms with E-state index in [0.29, 0.717) is 16.5 Å². The van der Waals surface area contributed by atoms with Crippen LogP contribution in [0.1, 0.15) is 77.7 Å². The van der Waals surface area contributed by atoms with Crippen LogP contribution in [0, 0.1) is 0 Å². The minimum absolute atomic E-state index is 0.0765. The van der Waals surface area contributed by atoms with Crippen molar-refractivity contribution >= 4 is 29.0 Å². The van der Waals surface area contributed by atoms with Gasteiger partial charge < -0.3 is 4.74 Å². The molecule has 1 aromatic rings. The molecule has 0 aromatic heterocycles. The summed E-state index contributed by atoms with van der Waals surface area (Å²) in [5.41, 5.74) is 1.93. The number of allylic oxidation sites excluding steroid dienone is 3. The summed E-state index contributed by atoms with van der Waals surface area (Å²) in [5.74, 6) is 0.725. The lowest BCUT2D eigenvalue weighted by molar-refractivity contribution is -0.114. The molecule has 1 aromatic carbocycles. The van der Waals surface area contributed by atoms with Gasteiger partial charge in [0.05, 0.1) is 9.90 Å². The first-order chi connectivity index (χ1) is 13.4. The fourth-order valence-corrected chi connectivity index (χ4v) is 3.95. The number of ether oxygens (including phenoxy) is 1. The Bertz CT molecular complexity index is 736. The summed E-state index contributed by atoms with van der Waals surface area (Å²) >= 11 is 13.3. The summed E-state index contributed by atoms with van der Waals surface area (Å²) < 4.78 is 6.00. The number of halogens is 2. The quantitative estimate of drug-likeness (QED) is 0.339. The molecule has 0 saturated heterocycles. The highest BCUT2D eigenvalue weighted by atomic mass is 35.5. The fourth-order valence-electron chi connectivity index (χ4n) is 3.34. The van der Waals surface area contributed by atoms with Gasteiger partial charge in [0.15, 0.2) is 5.76 Å². The summed E-state index contributed by atoms with van der Waals surface area (Å²) in [6.07, 6.45) is 12.5. The highest BCUT2D eigenvalue weighted by Crippen LogP contribution is 2.37. The van der Waals surface area contributed by atoms with Crippen molar-refractivity contribution in [2.24, 2.45) is 0 Å². The number of aryl methyl sites for hydroxylation is 1. The summed E-state index contributed by atoms with van der Waals surface area (Å²) in [5, 5.41) is 0.528. The van der Waals surface area contributed by atoms with Crippen LogP contribution in [0.5, 0.6) is 5.75 Å². The number of ketones is 1. The Morgan fingerprint density at radius 3 is 2.29 bits per heavy atom. The number of hydrogen-bond acceptors (Lipinski definition) is 2. The van der Waals surface area contributed by atoms with Gasteiger partial charge in [-0.2, -0.15) is 0 Å². The van der Waals surface area contributed by atoms with Gasteiger partial charge in [-0.05, 0) is 55.9 Å². The van der Waals surface area contributed by atoms with E-state index < -0.39 is 4.87 Å². The molecule has 1 aliphatic carbocycles. The minimum Gasteiger partial charge on any atom is -0.452 e. The predicted octanol–water partition coefficient (Wildman–Crippen LogP) is 7.81. The van der Waals surface area contributed by atoms with Crippen LogP contribution >= 0.6 is 23.2 Å². The second-order valence-electron chi connectivity index (χ2n) is 7.61. The Labute approximate surface area is 179 Å². The van der Waals surface area contributed by atoms with Crippen molar-refractivity contribution in [1.82, 2.24) is 0 Å². The van der Waals surface area contributed by atoms with Crippen LogP contribution in [0.25, 0.3) is 0 Å².